The van der Waals surface area contributed by atoms with Gasteiger partial charge in [-0.15, -0.1) is 0 Å². The van der Waals surface area contributed by atoms with Gasteiger partial charge in [0.15, 0.2) is 0 Å². The summed E-state index contributed by atoms with van der Waals surface area (Å²) in [6, 6.07) is 6.78. The highest BCUT2D eigenvalue weighted by molar-refractivity contribution is 6.05. The number of carbonyl (C=O) groups excluding carboxylic acids is 3. The Morgan fingerprint density at radius 1 is 1.21 bits per heavy atom. The van der Waals surface area contributed by atoms with Crippen LogP contribution in [0.3, 0.4) is 0 Å². The van der Waals surface area contributed by atoms with Gasteiger partial charge in [-0.1, -0.05) is 51.5 Å². The molecule has 24 heavy (non-hydrogen) atoms. The number of nitrogens with one attached hydrogen (secondary N) is 3. The molecule has 130 valence electrons. The Hall–Kier alpha value is -2.37. The summed E-state index contributed by atoms with van der Waals surface area (Å²) in [5.41, 5.74) is 2.32. The van der Waals surface area contributed by atoms with Gasteiger partial charge >= 0.3 is 6.03 Å². The zero-order valence-corrected chi connectivity index (χ0v) is 14.4. The molecular weight excluding hydrogens is 306 g/mol. The van der Waals surface area contributed by atoms with Crippen LogP contribution in [0.1, 0.15) is 50.8 Å². The maximum Gasteiger partial charge on any atom is 0.322 e. The molecule has 0 aliphatic carbocycles. The molecule has 2 atom stereocenters. The first-order valence-corrected chi connectivity index (χ1v) is 8.40. The number of hydrogen-bond donors (Lipinski definition) is 3. The van der Waals surface area contributed by atoms with E-state index in [-0.39, 0.29) is 24.3 Å². The quantitative estimate of drug-likeness (QED) is 0.668. The fourth-order valence-corrected chi connectivity index (χ4v) is 2.84. The summed E-state index contributed by atoms with van der Waals surface area (Å²) < 4.78 is 0. The molecule has 1 aliphatic heterocycles. The highest BCUT2D eigenvalue weighted by Crippen LogP contribution is 2.22. The molecule has 4 amide bonds. The zero-order chi connectivity index (χ0) is 17.7. The van der Waals surface area contributed by atoms with Gasteiger partial charge in [-0.2, -0.15) is 0 Å². The Kier molecular flexibility index (Phi) is 5.95. The van der Waals surface area contributed by atoms with E-state index in [1.54, 1.807) is 0 Å². The van der Waals surface area contributed by atoms with Crippen molar-refractivity contribution in [2.75, 3.05) is 0 Å². The lowest BCUT2D eigenvalue weighted by atomic mass is 9.94. The Bertz CT molecular complexity index is 610. The second kappa shape index (κ2) is 7.95. The minimum atomic E-state index is -0.794. The van der Waals surface area contributed by atoms with Crippen LogP contribution in [0.5, 0.6) is 0 Å². The number of benzene rings is 1. The van der Waals surface area contributed by atoms with Crippen LogP contribution in [0.15, 0.2) is 24.3 Å². The van der Waals surface area contributed by atoms with Crippen LogP contribution in [0.2, 0.25) is 0 Å². The SMILES string of the molecule is CCCc1ccc([C@@H](NC(=O)C[C@@H]2NC(=O)NC2=O)C(C)C)cc1. The molecule has 1 aromatic rings. The number of urea groups is 1. The monoisotopic (exact) mass is 331 g/mol. The summed E-state index contributed by atoms with van der Waals surface area (Å²) in [5.74, 6) is -0.508. The van der Waals surface area contributed by atoms with Crippen LogP contribution in [-0.4, -0.2) is 23.9 Å². The standard InChI is InChI=1S/C18H25N3O3/c1-4-5-12-6-8-13(9-7-12)16(11(2)3)20-15(22)10-14-17(23)21-18(24)19-14/h6-9,11,14,16H,4-5,10H2,1-3H3,(H,20,22)(H2,19,21,23,24)/t14-,16-/m0/s1. The Balaban J connectivity index is 2.01. The average Bonchev–Trinajstić information content (AvgIpc) is 2.83. The van der Waals surface area contributed by atoms with E-state index in [0.29, 0.717) is 0 Å². The smallest absolute Gasteiger partial charge is 0.322 e. The van der Waals surface area contributed by atoms with E-state index in [2.05, 4.69) is 35.0 Å². The topological polar surface area (TPSA) is 87.3 Å². The Morgan fingerprint density at radius 3 is 2.38 bits per heavy atom. The van der Waals surface area contributed by atoms with Gasteiger partial charge in [0.25, 0.3) is 5.91 Å². The molecule has 1 heterocycles. The molecule has 0 saturated carbocycles. The van der Waals surface area contributed by atoms with Gasteiger partial charge in [0.2, 0.25) is 5.91 Å². The van der Waals surface area contributed by atoms with Crippen LogP contribution in [0.4, 0.5) is 4.79 Å². The van der Waals surface area contributed by atoms with Crippen LogP contribution in [-0.2, 0) is 16.0 Å². The number of aryl methyl sites for hydroxylation is 1. The number of carbonyl (C=O) groups is 3. The summed E-state index contributed by atoms with van der Waals surface area (Å²) in [4.78, 5) is 34.9. The predicted molar refractivity (Wildman–Crippen MR) is 91.2 cm³/mol. The number of amides is 4. The van der Waals surface area contributed by atoms with Crippen molar-refractivity contribution in [3.05, 3.63) is 35.4 Å². The molecule has 6 nitrogen and oxygen atoms in total. The minimum Gasteiger partial charge on any atom is -0.349 e. The second-order valence-corrected chi connectivity index (χ2v) is 6.50. The van der Waals surface area contributed by atoms with Gasteiger partial charge in [0.1, 0.15) is 6.04 Å². The van der Waals surface area contributed by atoms with Crippen molar-refractivity contribution < 1.29 is 14.4 Å². The predicted octanol–water partition coefficient (Wildman–Crippen LogP) is 2.05. The van der Waals surface area contributed by atoms with Crippen molar-refractivity contribution in [3.63, 3.8) is 0 Å². The maximum atomic E-state index is 12.3. The zero-order valence-electron chi connectivity index (χ0n) is 14.4. The first kappa shape index (κ1) is 18.0. The van der Waals surface area contributed by atoms with Crippen LogP contribution >= 0.6 is 0 Å². The third-order valence-electron chi connectivity index (χ3n) is 4.11. The molecule has 0 aromatic heterocycles. The van der Waals surface area contributed by atoms with E-state index in [4.69, 9.17) is 0 Å². The van der Waals surface area contributed by atoms with E-state index >= 15 is 0 Å². The largest absolute Gasteiger partial charge is 0.349 e. The molecule has 6 heteroatoms. The van der Waals surface area contributed by atoms with Gasteiger partial charge < -0.3 is 10.6 Å². The summed E-state index contributed by atoms with van der Waals surface area (Å²) in [5, 5.41) is 7.54. The summed E-state index contributed by atoms with van der Waals surface area (Å²) in [7, 11) is 0. The van der Waals surface area contributed by atoms with Gasteiger partial charge in [0.05, 0.1) is 12.5 Å². The minimum absolute atomic E-state index is 0.0608. The third kappa shape index (κ3) is 4.57. The molecule has 2 rings (SSSR count). The Morgan fingerprint density at radius 2 is 1.88 bits per heavy atom. The first-order chi connectivity index (χ1) is 11.4. The van der Waals surface area contributed by atoms with Crippen molar-refractivity contribution in [1.29, 1.82) is 0 Å². The molecule has 1 aliphatic rings. The van der Waals surface area contributed by atoms with E-state index in [1.165, 1.54) is 5.56 Å². The molecule has 0 bridgehead atoms. The molecule has 0 unspecified atom stereocenters. The first-order valence-electron chi connectivity index (χ1n) is 8.40. The molecule has 1 fully saturated rings. The lowest BCUT2D eigenvalue weighted by molar-refractivity contribution is -0.127. The fourth-order valence-electron chi connectivity index (χ4n) is 2.84. The van der Waals surface area contributed by atoms with Crippen molar-refractivity contribution in [1.82, 2.24) is 16.0 Å². The van der Waals surface area contributed by atoms with E-state index in [1.807, 2.05) is 26.0 Å². The molecular formula is C18H25N3O3. The van der Waals surface area contributed by atoms with Crippen molar-refractivity contribution >= 4 is 17.8 Å². The van der Waals surface area contributed by atoms with Gasteiger partial charge in [-0.3, -0.25) is 14.9 Å². The fraction of sp³-hybridized carbons (Fsp3) is 0.500. The summed E-state index contributed by atoms with van der Waals surface area (Å²) in [6.45, 7) is 6.22. The summed E-state index contributed by atoms with van der Waals surface area (Å²) >= 11 is 0. The van der Waals surface area contributed by atoms with E-state index < -0.39 is 18.0 Å². The lowest BCUT2D eigenvalue weighted by Crippen LogP contribution is -2.38. The van der Waals surface area contributed by atoms with Gasteiger partial charge in [0, 0.05) is 0 Å². The van der Waals surface area contributed by atoms with Crippen molar-refractivity contribution in [2.45, 2.75) is 52.1 Å². The van der Waals surface area contributed by atoms with Crippen molar-refractivity contribution in [3.8, 4) is 0 Å². The van der Waals surface area contributed by atoms with Crippen LogP contribution < -0.4 is 16.0 Å². The highest BCUT2D eigenvalue weighted by Gasteiger charge is 2.32. The van der Waals surface area contributed by atoms with Crippen LogP contribution in [0, 0.1) is 5.92 Å². The van der Waals surface area contributed by atoms with Crippen molar-refractivity contribution in [2.24, 2.45) is 5.92 Å². The number of rotatable bonds is 7. The lowest BCUT2D eigenvalue weighted by Gasteiger charge is -2.23. The Labute approximate surface area is 142 Å². The normalized spacial score (nSPS) is 18.2. The molecule has 3 N–H and O–H groups in total. The second-order valence-electron chi connectivity index (χ2n) is 6.50. The summed E-state index contributed by atoms with van der Waals surface area (Å²) in [6.07, 6.45) is 2.07. The van der Waals surface area contributed by atoms with E-state index in [0.717, 1.165) is 18.4 Å². The molecule has 1 saturated heterocycles. The molecule has 1 aromatic carbocycles. The molecule has 0 spiro atoms. The molecule has 0 radical (unpaired) electrons. The third-order valence-corrected chi connectivity index (χ3v) is 4.11. The van der Waals surface area contributed by atoms with Gasteiger partial charge in [-0.25, -0.2) is 4.79 Å². The highest BCUT2D eigenvalue weighted by atomic mass is 16.2. The average molecular weight is 331 g/mol. The van der Waals surface area contributed by atoms with Gasteiger partial charge in [-0.05, 0) is 23.5 Å². The number of hydrogen-bond acceptors (Lipinski definition) is 3. The van der Waals surface area contributed by atoms with Crippen LogP contribution in [0.25, 0.3) is 0 Å². The maximum absolute atomic E-state index is 12.3. The number of imide groups is 1. The van der Waals surface area contributed by atoms with E-state index in [9.17, 15) is 14.4 Å².